The van der Waals surface area contributed by atoms with E-state index in [9.17, 15) is 14.4 Å². The molecule has 4 aliphatic rings. The van der Waals surface area contributed by atoms with Crippen LogP contribution in [0.15, 0.2) is 30.4 Å². The van der Waals surface area contributed by atoms with E-state index >= 15 is 0 Å². The third kappa shape index (κ3) is 4.21. The molecule has 2 saturated carbocycles. The number of ether oxygens (including phenoxy) is 3. The Morgan fingerprint density at radius 1 is 0.946 bits per heavy atom. The van der Waals surface area contributed by atoms with Crippen LogP contribution in [0.5, 0.6) is 5.75 Å². The standard InChI is InChI=1S/C31H40O6/c1-20(32)35-17-7-5-6-8-23-18-24-19-25(36-21(2)33)9-10-26(24)27-11-12-29(4)30(28(23)27)13-15-31(29,16-14-30)37-22(3)34/h9-10,13,15,19,23,27-28H,5-8,11-12,14,16-18H2,1-4H3/t23-,27-,28-,29+,30+,31+/m1/s1. The number of allylic oxidation sites excluding steroid dienone is 1. The summed E-state index contributed by atoms with van der Waals surface area (Å²) in [7, 11) is 0. The first-order chi connectivity index (χ1) is 17.6. The summed E-state index contributed by atoms with van der Waals surface area (Å²) in [6.07, 6.45) is 13.8. The smallest absolute Gasteiger partial charge is 0.308 e. The second-order valence-corrected chi connectivity index (χ2v) is 12.0. The molecule has 0 unspecified atom stereocenters. The van der Waals surface area contributed by atoms with Crippen LogP contribution < -0.4 is 4.74 Å². The van der Waals surface area contributed by atoms with Crippen molar-refractivity contribution in [1.82, 2.24) is 0 Å². The zero-order valence-electron chi connectivity index (χ0n) is 22.6. The lowest BCUT2D eigenvalue weighted by molar-refractivity contribution is -0.170. The number of fused-ring (bicyclic) bond motifs is 3. The molecule has 0 aromatic heterocycles. The van der Waals surface area contributed by atoms with Crippen molar-refractivity contribution >= 4 is 17.9 Å². The van der Waals surface area contributed by atoms with E-state index in [4.69, 9.17) is 14.2 Å². The molecule has 0 heterocycles. The molecule has 6 heteroatoms. The Morgan fingerprint density at radius 2 is 1.76 bits per heavy atom. The lowest BCUT2D eigenvalue weighted by atomic mass is 9.45. The molecule has 200 valence electrons. The average Bonchev–Trinajstić information content (AvgIpc) is 3.22. The van der Waals surface area contributed by atoms with Crippen molar-refractivity contribution in [3.63, 3.8) is 0 Å². The predicted octanol–water partition coefficient (Wildman–Crippen LogP) is 6.06. The van der Waals surface area contributed by atoms with Crippen molar-refractivity contribution in [3.8, 4) is 5.75 Å². The number of hydrogen-bond donors (Lipinski definition) is 0. The highest BCUT2D eigenvalue weighted by molar-refractivity contribution is 5.69. The van der Waals surface area contributed by atoms with Gasteiger partial charge in [0.2, 0.25) is 0 Å². The van der Waals surface area contributed by atoms with Gasteiger partial charge in [-0.25, -0.2) is 0 Å². The topological polar surface area (TPSA) is 78.9 Å². The van der Waals surface area contributed by atoms with Gasteiger partial charge in [0.25, 0.3) is 0 Å². The third-order valence-corrected chi connectivity index (χ3v) is 10.1. The number of carbonyl (C=O) groups is 3. The zero-order valence-corrected chi connectivity index (χ0v) is 22.6. The summed E-state index contributed by atoms with van der Waals surface area (Å²) in [6.45, 7) is 7.28. The monoisotopic (exact) mass is 508 g/mol. The van der Waals surface area contributed by atoms with Gasteiger partial charge in [0.1, 0.15) is 11.4 Å². The molecule has 5 rings (SSSR count). The Balaban J connectivity index is 1.45. The molecule has 1 aromatic rings. The van der Waals surface area contributed by atoms with E-state index in [0.717, 1.165) is 57.8 Å². The number of rotatable bonds is 8. The van der Waals surface area contributed by atoms with Gasteiger partial charge in [0, 0.05) is 31.6 Å². The van der Waals surface area contributed by atoms with Crippen LogP contribution in [0, 0.1) is 22.7 Å². The van der Waals surface area contributed by atoms with Crippen LogP contribution in [0.4, 0.5) is 0 Å². The Bertz CT molecular complexity index is 1120. The van der Waals surface area contributed by atoms with Gasteiger partial charge in [-0.1, -0.05) is 31.9 Å². The molecule has 0 spiro atoms. The molecule has 6 nitrogen and oxygen atoms in total. The van der Waals surface area contributed by atoms with Crippen LogP contribution in [-0.4, -0.2) is 30.1 Å². The highest BCUT2D eigenvalue weighted by Crippen LogP contribution is 2.76. The minimum absolute atomic E-state index is 0.0139. The average molecular weight is 509 g/mol. The predicted molar refractivity (Wildman–Crippen MR) is 139 cm³/mol. The molecular weight excluding hydrogens is 468 g/mol. The van der Waals surface area contributed by atoms with Crippen LogP contribution in [0.1, 0.15) is 96.1 Å². The Morgan fingerprint density at radius 3 is 2.43 bits per heavy atom. The fourth-order valence-electron chi connectivity index (χ4n) is 8.72. The maximum atomic E-state index is 12.2. The van der Waals surface area contributed by atoms with Crippen LogP contribution in [0.2, 0.25) is 0 Å². The summed E-state index contributed by atoms with van der Waals surface area (Å²) < 4.78 is 16.7. The molecule has 2 bridgehead atoms. The fraction of sp³-hybridized carbons (Fsp3) is 0.645. The molecule has 1 aromatic carbocycles. The molecule has 0 saturated heterocycles. The van der Waals surface area contributed by atoms with Crippen molar-refractivity contribution in [1.29, 1.82) is 0 Å². The van der Waals surface area contributed by atoms with Gasteiger partial charge in [0.15, 0.2) is 0 Å². The third-order valence-electron chi connectivity index (χ3n) is 10.1. The summed E-state index contributed by atoms with van der Waals surface area (Å²) in [4.78, 5) is 34.9. The lowest BCUT2D eigenvalue weighted by Crippen LogP contribution is -2.55. The maximum absolute atomic E-state index is 12.2. The zero-order chi connectivity index (χ0) is 26.4. The van der Waals surface area contributed by atoms with E-state index in [2.05, 4.69) is 31.2 Å². The van der Waals surface area contributed by atoms with Gasteiger partial charge in [-0.2, -0.15) is 0 Å². The van der Waals surface area contributed by atoms with E-state index in [0.29, 0.717) is 30.1 Å². The minimum Gasteiger partial charge on any atom is -0.466 e. The molecule has 0 radical (unpaired) electrons. The number of unbranched alkanes of at least 4 members (excludes halogenated alkanes) is 2. The largest absolute Gasteiger partial charge is 0.466 e. The van der Waals surface area contributed by atoms with Crippen molar-refractivity contribution in [3.05, 3.63) is 41.5 Å². The normalized spacial score (nSPS) is 34.8. The fourth-order valence-corrected chi connectivity index (χ4v) is 8.72. The number of esters is 3. The number of benzene rings is 1. The van der Waals surface area contributed by atoms with E-state index < -0.39 is 5.60 Å². The van der Waals surface area contributed by atoms with E-state index in [1.54, 1.807) is 0 Å². The first-order valence-corrected chi connectivity index (χ1v) is 14.0. The summed E-state index contributed by atoms with van der Waals surface area (Å²) in [5.74, 6) is 1.30. The summed E-state index contributed by atoms with van der Waals surface area (Å²) in [5, 5.41) is 0. The summed E-state index contributed by atoms with van der Waals surface area (Å²) in [5.41, 5.74) is 2.14. The van der Waals surface area contributed by atoms with Gasteiger partial charge >= 0.3 is 17.9 Å². The minimum atomic E-state index is -0.488. The Labute approximate surface area is 220 Å². The van der Waals surface area contributed by atoms with Crippen molar-refractivity contribution < 1.29 is 28.6 Å². The number of hydrogen-bond acceptors (Lipinski definition) is 6. The van der Waals surface area contributed by atoms with E-state index in [1.807, 2.05) is 6.07 Å². The highest BCUT2D eigenvalue weighted by atomic mass is 16.6. The van der Waals surface area contributed by atoms with Gasteiger partial charge in [-0.3, -0.25) is 14.4 Å². The van der Waals surface area contributed by atoms with E-state index in [-0.39, 0.29) is 28.7 Å². The van der Waals surface area contributed by atoms with Gasteiger partial charge < -0.3 is 14.2 Å². The second kappa shape index (κ2) is 9.59. The molecule has 4 aliphatic carbocycles. The molecule has 0 N–H and O–H groups in total. The van der Waals surface area contributed by atoms with Crippen LogP contribution >= 0.6 is 0 Å². The number of carbonyl (C=O) groups excluding carboxylic acids is 3. The lowest BCUT2D eigenvalue weighted by Gasteiger charge is -2.59. The summed E-state index contributed by atoms with van der Waals surface area (Å²) in [6, 6.07) is 6.21. The van der Waals surface area contributed by atoms with Gasteiger partial charge in [-0.15, -0.1) is 0 Å². The van der Waals surface area contributed by atoms with Gasteiger partial charge in [0.05, 0.1) is 6.61 Å². The maximum Gasteiger partial charge on any atom is 0.308 e. The van der Waals surface area contributed by atoms with Crippen LogP contribution in [-0.2, 0) is 30.3 Å². The Hall–Kier alpha value is -2.63. The molecule has 0 amide bonds. The van der Waals surface area contributed by atoms with Crippen LogP contribution in [0.3, 0.4) is 0 Å². The highest BCUT2D eigenvalue weighted by Gasteiger charge is 2.74. The Kier molecular flexibility index (Phi) is 6.74. The van der Waals surface area contributed by atoms with Crippen LogP contribution in [0.25, 0.3) is 0 Å². The van der Waals surface area contributed by atoms with Crippen molar-refractivity contribution in [2.45, 2.75) is 97.0 Å². The molecule has 2 fully saturated rings. The van der Waals surface area contributed by atoms with E-state index in [1.165, 1.54) is 31.9 Å². The van der Waals surface area contributed by atoms with Crippen molar-refractivity contribution in [2.75, 3.05) is 6.61 Å². The second-order valence-electron chi connectivity index (χ2n) is 12.0. The summed E-state index contributed by atoms with van der Waals surface area (Å²) >= 11 is 0. The molecule has 37 heavy (non-hydrogen) atoms. The first-order valence-electron chi connectivity index (χ1n) is 14.0. The molecule has 6 atom stereocenters. The first kappa shape index (κ1) is 26.0. The van der Waals surface area contributed by atoms with Crippen molar-refractivity contribution in [2.24, 2.45) is 22.7 Å². The van der Waals surface area contributed by atoms with Gasteiger partial charge in [-0.05, 0) is 92.0 Å². The molecular formula is C31H40O6. The SMILES string of the molecule is CC(=O)OCCCCC[C@@H]1Cc2cc(OC(C)=O)ccc2[C@H]2CC[C@@]3(C)[C@]4(C=C[C@]3(OC(C)=O)CC4)[C@H]12. The molecule has 0 aliphatic heterocycles. The quantitative estimate of drug-likeness (QED) is 0.184.